The van der Waals surface area contributed by atoms with Crippen molar-refractivity contribution in [2.75, 3.05) is 13.2 Å². The van der Waals surface area contributed by atoms with Gasteiger partial charge >= 0.3 is 0 Å². The Balaban J connectivity index is 1.45. The third-order valence-electron chi connectivity index (χ3n) is 4.77. The highest BCUT2D eigenvalue weighted by Crippen LogP contribution is 2.27. The molecule has 134 valence electrons. The van der Waals surface area contributed by atoms with Crippen molar-refractivity contribution in [3.8, 4) is 0 Å². The van der Waals surface area contributed by atoms with E-state index in [4.69, 9.17) is 4.74 Å². The van der Waals surface area contributed by atoms with E-state index in [1.807, 2.05) is 10.9 Å². The van der Waals surface area contributed by atoms with Crippen molar-refractivity contribution in [1.82, 2.24) is 19.9 Å². The predicted octanol–water partition coefficient (Wildman–Crippen LogP) is 3.47. The summed E-state index contributed by atoms with van der Waals surface area (Å²) in [6.45, 7) is 7.41. The summed E-state index contributed by atoms with van der Waals surface area (Å²) in [5, 5.41) is 8.66. The number of hydrogen-bond donors (Lipinski definition) is 0. The summed E-state index contributed by atoms with van der Waals surface area (Å²) in [6, 6.07) is 17.2. The van der Waals surface area contributed by atoms with Crippen LogP contribution in [0, 0.1) is 13.8 Å². The first-order valence-electron chi connectivity index (χ1n) is 9.04. The number of nitrogens with zero attached hydrogens (tertiary/aromatic N) is 4. The molecule has 0 amide bonds. The predicted molar refractivity (Wildman–Crippen MR) is 101 cm³/mol. The molecule has 0 saturated carbocycles. The number of rotatable bonds is 5. The topological polar surface area (TPSA) is 43.2 Å². The van der Waals surface area contributed by atoms with Crippen LogP contribution in [0.15, 0.2) is 54.7 Å². The van der Waals surface area contributed by atoms with Crippen molar-refractivity contribution in [3.05, 3.63) is 82.7 Å². The van der Waals surface area contributed by atoms with E-state index >= 15 is 0 Å². The van der Waals surface area contributed by atoms with Gasteiger partial charge in [0.25, 0.3) is 0 Å². The van der Waals surface area contributed by atoms with E-state index in [0.29, 0.717) is 0 Å². The fraction of sp³-hybridized carbons (Fsp3) is 0.333. The highest BCUT2D eigenvalue weighted by Gasteiger charge is 2.29. The molecule has 5 nitrogen and oxygen atoms in total. The van der Waals surface area contributed by atoms with Crippen LogP contribution in [0.5, 0.6) is 0 Å². The molecule has 1 unspecified atom stereocenters. The molecule has 0 bridgehead atoms. The Kier molecular flexibility index (Phi) is 4.82. The maximum absolute atomic E-state index is 5.94. The second kappa shape index (κ2) is 7.40. The summed E-state index contributed by atoms with van der Waals surface area (Å²) in [5.41, 5.74) is 5.93. The average Bonchev–Trinajstić information content (AvgIpc) is 3.28. The second-order valence-corrected chi connectivity index (χ2v) is 7.01. The summed E-state index contributed by atoms with van der Waals surface area (Å²) >= 11 is 0. The summed E-state index contributed by atoms with van der Waals surface area (Å²) in [5.74, 6) is 0. The Labute approximate surface area is 154 Å². The van der Waals surface area contributed by atoms with Crippen molar-refractivity contribution in [2.24, 2.45) is 0 Å². The molecule has 1 fully saturated rings. The minimum atomic E-state index is -0.122. The van der Waals surface area contributed by atoms with Crippen LogP contribution in [0.2, 0.25) is 0 Å². The molecular weight excluding hydrogens is 324 g/mol. The first-order valence-corrected chi connectivity index (χ1v) is 9.04. The van der Waals surface area contributed by atoms with Gasteiger partial charge in [-0.25, -0.2) is 4.68 Å². The third-order valence-corrected chi connectivity index (χ3v) is 4.77. The molecule has 1 aromatic heterocycles. The van der Waals surface area contributed by atoms with Crippen LogP contribution in [0.3, 0.4) is 0 Å². The fourth-order valence-corrected chi connectivity index (χ4v) is 3.25. The summed E-state index contributed by atoms with van der Waals surface area (Å²) in [6.07, 6.45) is 1.88. The molecule has 1 saturated heterocycles. The van der Waals surface area contributed by atoms with Crippen LogP contribution in [0.1, 0.15) is 34.2 Å². The SMILES string of the molecule is Cc1ccc(CN2CCOC2c2cn(Cc3ccc(C)cc3)nn2)cc1. The molecule has 0 radical (unpaired) electrons. The van der Waals surface area contributed by atoms with Gasteiger partial charge in [0.2, 0.25) is 0 Å². The zero-order valence-corrected chi connectivity index (χ0v) is 15.3. The Hall–Kier alpha value is -2.50. The molecule has 1 aliphatic heterocycles. The zero-order valence-electron chi connectivity index (χ0n) is 15.3. The molecule has 2 heterocycles. The van der Waals surface area contributed by atoms with Crippen LogP contribution in [-0.4, -0.2) is 33.0 Å². The molecular formula is C21H24N4O. The van der Waals surface area contributed by atoms with Crippen LogP contribution in [0.25, 0.3) is 0 Å². The van der Waals surface area contributed by atoms with E-state index in [1.165, 1.54) is 22.3 Å². The normalized spacial score (nSPS) is 17.7. The van der Waals surface area contributed by atoms with E-state index in [9.17, 15) is 0 Å². The van der Waals surface area contributed by atoms with Crippen molar-refractivity contribution >= 4 is 0 Å². The van der Waals surface area contributed by atoms with Gasteiger partial charge in [-0.15, -0.1) is 5.10 Å². The lowest BCUT2D eigenvalue weighted by atomic mass is 10.1. The van der Waals surface area contributed by atoms with Crippen molar-refractivity contribution in [3.63, 3.8) is 0 Å². The van der Waals surface area contributed by atoms with Crippen molar-refractivity contribution in [1.29, 1.82) is 0 Å². The summed E-state index contributed by atoms with van der Waals surface area (Å²) in [7, 11) is 0. The smallest absolute Gasteiger partial charge is 0.157 e. The molecule has 2 aromatic carbocycles. The highest BCUT2D eigenvalue weighted by atomic mass is 16.5. The highest BCUT2D eigenvalue weighted by molar-refractivity contribution is 5.22. The lowest BCUT2D eigenvalue weighted by Crippen LogP contribution is -2.23. The van der Waals surface area contributed by atoms with Crippen molar-refractivity contribution in [2.45, 2.75) is 33.2 Å². The van der Waals surface area contributed by atoms with E-state index in [0.717, 1.165) is 31.9 Å². The maximum Gasteiger partial charge on any atom is 0.157 e. The van der Waals surface area contributed by atoms with Gasteiger partial charge in [-0.3, -0.25) is 4.90 Å². The van der Waals surface area contributed by atoms with Gasteiger partial charge in [-0.05, 0) is 25.0 Å². The molecule has 0 N–H and O–H groups in total. The Morgan fingerprint density at radius 2 is 1.54 bits per heavy atom. The van der Waals surface area contributed by atoms with E-state index in [1.54, 1.807) is 0 Å². The summed E-state index contributed by atoms with van der Waals surface area (Å²) in [4.78, 5) is 2.31. The van der Waals surface area contributed by atoms with Crippen LogP contribution < -0.4 is 0 Å². The van der Waals surface area contributed by atoms with E-state index < -0.39 is 0 Å². The molecule has 1 aliphatic rings. The Bertz CT molecular complexity index is 854. The minimum absolute atomic E-state index is 0.122. The number of hydrogen-bond acceptors (Lipinski definition) is 4. The molecule has 0 spiro atoms. The Morgan fingerprint density at radius 1 is 0.923 bits per heavy atom. The van der Waals surface area contributed by atoms with E-state index in [2.05, 4.69) is 77.6 Å². The lowest BCUT2D eigenvalue weighted by molar-refractivity contribution is 0.0252. The molecule has 3 aromatic rings. The standard InChI is InChI=1S/C21H24N4O/c1-16-3-7-18(8-4-16)13-24-11-12-26-21(24)20-15-25(23-22-20)14-19-9-5-17(2)6-10-19/h3-10,15,21H,11-14H2,1-2H3. The van der Waals surface area contributed by atoms with Gasteiger partial charge in [0.1, 0.15) is 5.69 Å². The molecule has 26 heavy (non-hydrogen) atoms. The number of ether oxygens (including phenoxy) is 1. The molecule has 4 rings (SSSR count). The van der Waals surface area contributed by atoms with Crippen LogP contribution in [0.4, 0.5) is 0 Å². The van der Waals surface area contributed by atoms with Crippen LogP contribution in [-0.2, 0) is 17.8 Å². The molecule has 1 atom stereocenters. The van der Waals surface area contributed by atoms with E-state index in [-0.39, 0.29) is 6.23 Å². The van der Waals surface area contributed by atoms with Gasteiger partial charge in [0, 0.05) is 13.1 Å². The van der Waals surface area contributed by atoms with Crippen molar-refractivity contribution < 1.29 is 4.74 Å². The first-order chi connectivity index (χ1) is 12.7. The largest absolute Gasteiger partial charge is 0.356 e. The Morgan fingerprint density at radius 3 is 2.19 bits per heavy atom. The number of aryl methyl sites for hydroxylation is 2. The monoisotopic (exact) mass is 348 g/mol. The summed E-state index contributed by atoms with van der Waals surface area (Å²) < 4.78 is 7.82. The number of benzene rings is 2. The lowest BCUT2D eigenvalue weighted by Gasteiger charge is -2.21. The van der Waals surface area contributed by atoms with Gasteiger partial charge in [-0.1, -0.05) is 64.9 Å². The minimum Gasteiger partial charge on any atom is -0.356 e. The first kappa shape index (κ1) is 16.9. The maximum atomic E-state index is 5.94. The number of aromatic nitrogens is 3. The third kappa shape index (κ3) is 3.84. The van der Waals surface area contributed by atoms with Gasteiger partial charge in [-0.2, -0.15) is 0 Å². The zero-order chi connectivity index (χ0) is 17.9. The van der Waals surface area contributed by atoms with Gasteiger partial charge in [0.05, 0.1) is 19.3 Å². The average molecular weight is 348 g/mol. The van der Waals surface area contributed by atoms with Gasteiger partial charge < -0.3 is 4.74 Å². The van der Waals surface area contributed by atoms with Crippen LogP contribution >= 0.6 is 0 Å². The molecule has 5 heteroatoms. The fourth-order valence-electron chi connectivity index (χ4n) is 3.25. The quantitative estimate of drug-likeness (QED) is 0.708. The van der Waals surface area contributed by atoms with Gasteiger partial charge in [0.15, 0.2) is 6.23 Å². The second-order valence-electron chi connectivity index (χ2n) is 7.01. The molecule has 0 aliphatic carbocycles.